The van der Waals surface area contributed by atoms with Crippen molar-refractivity contribution < 1.29 is 9.90 Å². The van der Waals surface area contributed by atoms with Crippen LogP contribution in [0.4, 0.5) is 0 Å². The SMILES string of the molecule is CCN(Cc1c(C(=O)O)cnn1C)C1CCCCC1CN. The maximum atomic E-state index is 11.3. The topological polar surface area (TPSA) is 84.4 Å². The largest absolute Gasteiger partial charge is 0.478 e. The Morgan fingerprint density at radius 3 is 2.86 bits per heavy atom. The molecular formula is C15H26N4O2. The number of hydrogen-bond acceptors (Lipinski definition) is 4. The van der Waals surface area contributed by atoms with Gasteiger partial charge in [-0.25, -0.2) is 4.79 Å². The minimum absolute atomic E-state index is 0.302. The third-order valence-electron chi connectivity index (χ3n) is 4.69. The van der Waals surface area contributed by atoms with Crippen molar-refractivity contribution in [2.24, 2.45) is 18.7 Å². The molecule has 0 aliphatic heterocycles. The van der Waals surface area contributed by atoms with E-state index < -0.39 is 5.97 Å². The van der Waals surface area contributed by atoms with E-state index in [4.69, 9.17) is 5.73 Å². The smallest absolute Gasteiger partial charge is 0.339 e. The first-order valence-electron chi connectivity index (χ1n) is 7.76. The normalized spacial score (nSPS) is 22.7. The molecule has 1 aromatic heterocycles. The highest BCUT2D eigenvalue weighted by Gasteiger charge is 2.30. The third kappa shape index (κ3) is 3.44. The van der Waals surface area contributed by atoms with Crippen molar-refractivity contribution in [2.45, 2.75) is 45.2 Å². The van der Waals surface area contributed by atoms with Crippen LogP contribution in [-0.4, -0.2) is 44.9 Å². The van der Waals surface area contributed by atoms with Crippen LogP contribution < -0.4 is 5.73 Å². The monoisotopic (exact) mass is 294 g/mol. The molecular weight excluding hydrogens is 268 g/mol. The van der Waals surface area contributed by atoms with Gasteiger partial charge in [0.05, 0.1) is 11.9 Å². The van der Waals surface area contributed by atoms with Gasteiger partial charge in [0, 0.05) is 19.6 Å². The van der Waals surface area contributed by atoms with Gasteiger partial charge in [-0.05, 0) is 31.8 Å². The highest BCUT2D eigenvalue weighted by molar-refractivity contribution is 5.88. The van der Waals surface area contributed by atoms with Crippen LogP contribution in [0.2, 0.25) is 0 Å². The second-order valence-electron chi connectivity index (χ2n) is 5.84. The number of aromatic carboxylic acids is 1. The van der Waals surface area contributed by atoms with Gasteiger partial charge in [-0.2, -0.15) is 5.10 Å². The summed E-state index contributed by atoms with van der Waals surface area (Å²) in [6, 6.07) is 0.449. The van der Waals surface area contributed by atoms with Crippen LogP contribution in [0.3, 0.4) is 0 Å². The molecule has 1 aliphatic rings. The summed E-state index contributed by atoms with van der Waals surface area (Å²) in [4.78, 5) is 13.7. The molecule has 2 atom stereocenters. The Balaban J connectivity index is 2.19. The Morgan fingerprint density at radius 2 is 2.24 bits per heavy atom. The summed E-state index contributed by atoms with van der Waals surface area (Å²) in [5, 5.41) is 13.4. The molecule has 1 aromatic rings. The summed E-state index contributed by atoms with van der Waals surface area (Å²) < 4.78 is 1.67. The lowest BCUT2D eigenvalue weighted by atomic mass is 9.83. The molecule has 0 saturated heterocycles. The first kappa shape index (κ1) is 16.0. The molecule has 2 rings (SSSR count). The van der Waals surface area contributed by atoms with Gasteiger partial charge in [0.25, 0.3) is 0 Å². The number of aromatic nitrogens is 2. The predicted molar refractivity (Wildman–Crippen MR) is 81.1 cm³/mol. The van der Waals surface area contributed by atoms with E-state index in [9.17, 15) is 9.90 Å². The second kappa shape index (κ2) is 7.04. The molecule has 21 heavy (non-hydrogen) atoms. The van der Waals surface area contributed by atoms with Crippen LogP contribution in [-0.2, 0) is 13.6 Å². The number of rotatable bonds is 6. The number of carboxylic acids is 1. The minimum Gasteiger partial charge on any atom is -0.478 e. The van der Waals surface area contributed by atoms with Gasteiger partial charge < -0.3 is 10.8 Å². The second-order valence-corrected chi connectivity index (χ2v) is 5.84. The van der Waals surface area contributed by atoms with Crippen LogP contribution in [0.25, 0.3) is 0 Å². The number of nitrogens with zero attached hydrogens (tertiary/aromatic N) is 3. The van der Waals surface area contributed by atoms with Crippen molar-refractivity contribution in [1.82, 2.24) is 14.7 Å². The Labute approximate surface area is 125 Å². The van der Waals surface area contributed by atoms with Gasteiger partial charge in [0.2, 0.25) is 0 Å². The quantitative estimate of drug-likeness (QED) is 0.829. The summed E-state index contributed by atoms with van der Waals surface area (Å²) in [5.41, 5.74) is 7.00. The van der Waals surface area contributed by atoms with E-state index in [-0.39, 0.29) is 0 Å². The average molecular weight is 294 g/mol. The van der Waals surface area contributed by atoms with Crippen molar-refractivity contribution in [3.63, 3.8) is 0 Å². The average Bonchev–Trinajstić information content (AvgIpc) is 2.86. The number of aryl methyl sites for hydroxylation is 1. The van der Waals surface area contributed by atoms with Gasteiger partial charge in [0.15, 0.2) is 0 Å². The van der Waals surface area contributed by atoms with E-state index in [2.05, 4.69) is 16.9 Å². The van der Waals surface area contributed by atoms with Crippen molar-refractivity contribution in [3.05, 3.63) is 17.5 Å². The molecule has 0 bridgehead atoms. The molecule has 1 fully saturated rings. The maximum Gasteiger partial charge on any atom is 0.339 e. The zero-order chi connectivity index (χ0) is 15.4. The molecule has 1 aliphatic carbocycles. The van der Waals surface area contributed by atoms with E-state index in [1.165, 1.54) is 25.5 Å². The first-order valence-corrected chi connectivity index (χ1v) is 7.76. The lowest BCUT2D eigenvalue weighted by Crippen LogP contribution is -2.45. The molecule has 1 saturated carbocycles. The Bertz CT molecular complexity index is 486. The molecule has 3 N–H and O–H groups in total. The van der Waals surface area contributed by atoms with Crippen LogP contribution in [0.15, 0.2) is 6.20 Å². The maximum absolute atomic E-state index is 11.3. The first-order chi connectivity index (χ1) is 10.1. The fraction of sp³-hybridized carbons (Fsp3) is 0.733. The van der Waals surface area contributed by atoms with E-state index in [1.54, 1.807) is 11.7 Å². The Morgan fingerprint density at radius 1 is 1.52 bits per heavy atom. The van der Waals surface area contributed by atoms with Crippen molar-refractivity contribution >= 4 is 5.97 Å². The number of hydrogen-bond donors (Lipinski definition) is 2. The minimum atomic E-state index is -0.909. The highest BCUT2D eigenvalue weighted by Crippen LogP contribution is 2.29. The third-order valence-corrected chi connectivity index (χ3v) is 4.69. The summed E-state index contributed by atoms with van der Waals surface area (Å²) in [5.74, 6) is -0.395. The lowest BCUT2D eigenvalue weighted by molar-refractivity contribution is 0.0689. The highest BCUT2D eigenvalue weighted by atomic mass is 16.4. The van der Waals surface area contributed by atoms with Gasteiger partial charge in [0.1, 0.15) is 5.56 Å². The van der Waals surface area contributed by atoms with Gasteiger partial charge in [-0.3, -0.25) is 9.58 Å². The number of carboxylic acid groups (broad SMARTS) is 1. The molecule has 118 valence electrons. The van der Waals surface area contributed by atoms with Crippen molar-refractivity contribution in [1.29, 1.82) is 0 Å². The van der Waals surface area contributed by atoms with Crippen LogP contribution in [0.5, 0.6) is 0 Å². The predicted octanol–water partition coefficient (Wildman–Crippen LogP) is 1.46. The fourth-order valence-electron chi connectivity index (χ4n) is 3.43. The fourth-order valence-corrected chi connectivity index (χ4v) is 3.43. The standard InChI is InChI=1S/C15H26N4O2/c1-3-19(13-7-5-4-6-11(13)8-16)10-14-12(15(20)21)9-17-18(14)2/h9,11,13H,3-8,10,16H2,1-2H3,(H,20,21). The van der Waals surface area contributed by atoms with E-state index >= 15 is 0 Å². The molecule has 0 aromatic carbocycles. The molecule has 6 heteroatoms. The van der Waals surface area contributed by atoms with E-state index in [0.29, 0.717) is 30.6 Å². The summed E-state index contributed by atoms with van der Waals surface area (Å²) >= 11 is 0. The Hall–Kier alpha value is -1.40. The summed E-state index contributed by atoms with van der Waals surface area (Å²) in [7, 11) is 1.80. The molecule has 0 spiro atoms. The molecule has 6 nitrogen and oxygen atoms in total. The molecule has 1 heterocycles. The zero-order valence-electron chi connectivity index (χ0n) is 13.0. The zero-order valence-corrected chi connectivity index (χ0v) is 13.0. The molecule has 2 unspecified atom stereocenters. The van der Waals surface area contributed by atoms with Gasteiger partial charge in [-0.15, -0.1) is 0 Å². The summed E-state index contributed by atoms with van der Waals surface area (Å²) in [6.07, 6.45) is 6.24. The van der Waals surface area contributed by atoms with Crippen molar-refractivity contribution in [2.75, 3.05) is 13.1 Å². The molecule has 0 amide bonds. The van der Waals surface area contributed by atoms with Crippen LogP contribution >= 0.6 is 0 Å². The van der Waals surface area contributed by atoms with Gasteiger partial charge >= 0.3 is 5.97 Å². The van der Waals surface area contributed by atoms with Crippen LogP contribution in [0, 0.1) is 5.92 Å². The van der Waals surface area contributed by atoms with E-state index in [1.807, 2.05) is 0 Å². The van der Waals surface area contributed by atoms with Crippen molar-refractivity contribution in [3.8, 4) is 0 Å². The Kier molecular flexibility index (Phi) is 5.36. The summed E-state index contributed by atoms with van der Waals surface area (Å²) in [6.45, 7) is 4.35. The number of nitrogens with two attached hydrogens (primary N) is 1. The van der Waals surface area contributed by atoms with E-state index in [0.717, 1.165) is 18.7 Å². The lowest BCUT2D eigenvalue weighted by Gasteiger charge is -2.39. The van der Waals surface area contributed by atoms with Crippen LogP contribution in [0.1, 0.15) is 48.7 Å². The molecule has 0 radical (unpaired) electrons. The number of carbonyl (C=O) groups is 1. The van der Waals surface area contributed by atoms with Gasteiger partial charge in [-0.1, -0.05) is 19.8 Å².